The minimum atomic E-state index is -1.08. The molecule has 0 aliphatic heterocycles. The summed E-state index contributed by atoms with van der Waals surface area (Å²) in [6.07, 6.45) is -0.349. The fraction of sp³-hybridized carbons (Fsp3) is 0.160. The van der Waals surface area contributed by atoms with Crippen LogP contribution in [0.3, 0.4) is 0 Å². The van der Waals surface area contributed by atoms with Crippen LogP contribution >= 0.6 is 0 Å². The van der Waals surface area contributed by atoms with Gasteiger partial charge in [-0.15, -0.1) is 0 Å². The van der Waals surface area contributed by atoms with Crippen molar-refractivity contribution in [2.75, 3.05) is 23.0 Å². The Labute approximate surface area is 196 Å². The van der Waals surface area contributed by atoms with Crippen LogP contribution in [0.1, 0.15) is 44.9 Å². The number of nitrogens with one attached hydrogen (secondary N) is 3. The number of amides is 2. The van der Waals surface area contributed by atoms with Crippen LogP contribution in [0.4, 0.5) is 17.1 Å². The van der Waals surface area contributed by atoms with E-state index in [0.29, 0.717) is 11.3 Å². The molecule has 3 rings (SSSR count). The maximum absolute atomic E-state index is 12.8. The number of hydrogen-bond acceptors (Lipinski definition) is 6. The number of carboxylic acids is 1. The van der Waals surface area contributed by atoms with Crippen molar-refractivity contribution in [1.82, 2.24) is 0 Å². The molecule has 3 aromatic rings. The third kappa shape index (κ3) is 5.63. The van der Waals surface area contributed by atoms with E-state index in [0.717, 1.165) is 5.69 Å². The first-order chi connectivity index (χ1) is 16.2. The lowest BCUT2D eigenvalue weighted by Crippen LogP contribution is -2.17. The van der Waals surface area contributed by atoms with Crippen LogP contribution in [0.15, 0.2) is 60.7 Å². The van der Waals surface area contributed by atoms with Crippen molar-refractivity contribution in [1.29, 1.82) is 0 Å². The van der Waals surface area contributed by atoms with E-state index in [4.69, 9.17) is 9.84 Å². The number of carbonyl (C=O) groups is 3. The Hall–Kier alpha value is -4.53. The Balaban J connectivity index is 1.86. The molecule has 0 saturated heterocycles. The van der Waals surface area contributed by atoms with Crippen molar-refractivity contribution in [3.63, 3.8) is 0 Å². The van der Waals surface area contributed by atoms with E-state index in [1.807, 2.05) is 0 Å². The van der Waals surface area contributed by atoms with Gasteiger partial charge in [0.05, 0.1) is 22.9 Å². The van der Waals surface area contributed by atoms with E-state index >= 15 is 0 Å². The van der Waals surface area contributed by atoms with Crippen LogP contribution in [0.25, 0.3) is 0 Å². The Kier molecular flexibility index (Phi) is 7.37. The topological polar surface area (TPSA) is 137 Å². The summed E-state index contributed by atoms with van der Waals surface area (Å²) in [4.78, 5) is 36.5. The van der Waals surface area contributed by atoms with Gasteiger partial charge in [-0.1, -0.05) is 0 Å². The van der Waals surface area contributed by atoms with Gasteiger partial charge in [0.25, 0.3) is 11.8 Å². The second-order valence-electron chi connectivity index (χ2n) is 7.62. The van der Waals surface area contributed by atoms with Crippen LogP contribution < -0.4 is 20.7 Å². The standard InChI is InChI=1S/C25H25N3O6/c1-14(2)34-22-20(28-23(30)15-4-8-17(26-3)9-5-15)13-12-19(21(22)29)24(31)27-18-10-6-16(7-11-18)25(32)33/h4-14,26,29H,1-3H3,(H,27,31)(H,28,30)(H,32,33). The smallest absolute Gasteiger partial charge is 0.335 e. The van der Waals surface area contributed by atoms with Gasteiger partial charge in [-0.3, -0.25) is 9.59 Å². The molecule has 176 valence electrons. The molecular formula is C25H25N3O6. The van der Waals surface area contributed by atoms with Gasteiger partial charge in [-0.25, -0.2) is 4.79 Å². The first-order valence-electron chi connectivity index (χ1n) is 10.5. The van der Waals surface area contributed by atoms with Crippen LogP contribution in [0, 0.1) is 0 Å². The first kappa shape index (κ1) is 24.1. The van der Waals surface area contributed by atoms with Crippen molar-refractivity contribution in [2.45, 2.75) is 20.0 Å². The van der Waals surface area contributed by atoms with Gasteiger partial charge in [0, 0.05) is 24.0 Å². The summed E-state index contributed by atoms with van der Waals surface area (Å²) >= 11 is 0. The summed E-state index contributed by atoms with van der Waals surface area (Å²) in [5, 5.41) is 28.1. The summed E-state index contributed by atoms with van der Waals surface area (Å²) < 4.78 is 5.71. The number of anilines is 3. The molecule has 9 nitrogen and oxygen atoms in total. The molecule has 0 unspecified atom stereocenters. The molecule has 0 heterocycles. The SMILES string of the molecule is CNc1ccc(C(=O)Nc2ccc(C(=O)Nc3ccc(C(=O)O)cc3)c(O)c2OC(C)C)cc1. The fourth-order valence-electron chi connectivity index (χ4n) is 3.09. The normalized spacial score (nSPS) is 10.5. The number of ether oxygens (including phenoxy) is 1. The van der Waals surface area contributed by atoms with Gasteiger partial charge in [0.1, 0.15) is 0 Å². The number of phenols is 1. The van der Waals surface area contributed by atoms with E-state index in [2.05, 4.69) is 16.0 Å². The van der Waals surface area contributed by atoms with E-state index in [1.54, 1.807) is 45.2 Å². The minimum absolute atomic E-state index is 0.0379. The number of carbonyl (C=O) groups excluding carboxylic acids is 2. The number of aromatic hydroxyl groups is 1. The molecule has 0 aliphatic carbocycles. The van der Waals surface area contributed by atoms with Crippen molar-refractivity contribution < 1.29 is 29.3 Å². The molecule has 3 aromatic carbocycles. The molecule has 0 aliphatic rings. The largest absolute Gasteiger partial charge is 0.504 e. The predicted octanol–water partition coefficient (Wildman–Crippen LogP) is 4.42. The third-order valence-electron chi connectivity index (χ3n) is 4.80. The highest BCUT2D eigenvalue weighted by Crippen LogP contribution is 2.39. The molecule has 0 bridgehead atoms. The predicted molar refractivity (Wildman–Crippen MR) is 129 cm³/mol. The summed E-state index contributed by atoms with van der Waals surface area (Å²) in [7, 11) is 1.77. The molecule has 0 aromatic heterocycles. The average molecular weight is 463 g/mol. The molecule has 9 heteroatoms. The molecule has 2 amide bonds. The fourth-order valence-corrected chi connectivity index (χ4v) is 3.09. The highest BCUT2D eigenvalue weighted by molar-refractivity contribution is 6.09. The number of benzene rings is 3. The van der Waals surface area contributed by atoms with Crippen molar-refractivity contribution >= 4 is 34.8 Å². The highest BCUT2D eigenvalue weighted by Gasteiger charge is 2.22. The lowest BCUT2D eigenvalue weighted by atomic mass is 10.1. The first-order valence-corrected chi connectivity index (χ1v) is 10.5. The quantitative estimate of drug-likeness (QED) is 0.333. The molecule has 5 N–H and O–H groups in total. The third-order valence-corrected chi connectivity index (χ3v) is 4.80. The number of carboxylic acid groups (broad SMARTS) is 1. The number of aromatic carboxylic acids is 1. The maximum atomic E-state index is 12.8. The molecule has 0 radical (unpaired) electrons. The van der Waals surface area contributed by atoms with Gasteiger partial charge in [-0.05, 0) is 74.5 Å². The van der Waals surface area contributed by atoms with Crippen molar-refractivity contribution in [2.24, 2.45) is 0 Å². The van der Waals surface area contributed by atoms with Crippen LogP contribution in [-0.4, -0.2) is 41.1 Å². The van der Waals surface area contributed by atoms with Crippen molar-refractivity contribution in [3.05, 3.63) is 77.4 Å². The Bertz CT molecular complexity index is 1200. The molecule has 34 heavy (non-hydrogen) atoms. The van der Waals surface area contributed by atoms with Gasteiger partial charge >= 0.3 is 5.97 Å². The molecule has 0 fully saturated rings. The van der Waals surface area contributed by atoms with E-state index in [1.165, 1.54) is 36.4 Å². The lowest BCUT2D eigenvalue weighted by molar-refractivity contribution is 0.0696. The summed E-state index contributed by atoms with van der Waals surface area (Å²) in [6, 6.07) is 15.3. The number of phenolic OH excluding ortho intramolecular Hbond substituents is 1. The van der Waals surface area contributed by atoms with Gasteiger partial charge in [0.15, 0.2) is 11.5 Å². The molecular weight excluding hydrogens is 438 g/mol. The van der Waals surface area contributed by atoms with Crippen LogP contribution in [0.5, 0.6) is 11.5 Å². The summed E-state index contributed by atoms with van der Waals surface area (Å²) in [5.41, 5.74) is 1.81. The maximum Gasteiger partial charge on any atom is 0.335 e. The zero-order valence-electron chi connectivity index (χ0n) is 18.9. The zero-order valence-corrected chi connectivity index (χ0v) is 18.9. The van der Waals surface area contributed by atoms with Crippen molar-refractivity contribution in [3.8, 4) is 11.5 Å². The van der Waals surface area contributed by atoms with Gasteiger partial charge < -0.3 is 30.9 Å². The second kappa shape index (κ2) is 10.4. The summed E-state index contributed by atoms with van der Waals surface area (Å²) in [5.74, 6) is -2.59. The number of rotatable bonds is 8. The molecule has 0 spiro atoms. The molecule has 0 saturated carbocycles. The number of hydrogen-bond donors (Lipinski definition) is 5. The van der Waals surface area contributed by atoms with E-state index in [9.17, 15) is 19.5 Å². The lowest BCUT2D eigenvalue weighted by Gasteiger charge is -2.18. The minimum Gasteiger partial charge on any atom is -0.504 e. The Morgan fingerprint density at radius 2 is 1.38 bits per heavy atom. The second-order valence-corrected chi connectivity index (χ2v) is 7.62. The monoisotopic (exact) mass is 463 g/mol. The Morgan fingerprint density at radius 3 is 1.94 bits per heavy atom. The summed E-state index contributed by atoms with van der Waals surface area (Å²) in [6.45, 7) is 3.50. The molecule has 0 atom stereocenters. The van der Waals surface area contributed by atoms with Crippen LogP contribution in [0.2, 0.25) is 0 Å². The van der Waals surface area contributed by atoms with E-state index in [-0.39, 0.29) is 28.7 Å². The van der Waals surface area contributed by atoms with Gasteiger partial charge in [0.2, 0.25) is 0 Å². The Morgan fingerprint density at radius 1 is 0.794 bits per heavy atom. The van der Waals surface area contributed by atoms with Gasteiger partial charge in [-0.2, -0.15) is 0 Å². The highest BCUT2D eigenvalue weighted by atomic mass is 16.5. The van der Waals surface area contributed by atoms with Crippen LogP contribution in [-0.2, 0) is 0 Å². The van der Waals surface area contributed by atoms with E-state index < -0.39 is 23.5 Å². The zero-order chi connectivity index (χ0) is 24.8. The average Bonchev–Trinajstić information content (AvgIpc) is 2.81.